The number of para-hydroxylation sites is 1. The monoisotopic (exact) mass is 395 g/mol. The number of anilines is 1. The third-order valence-electron chi connectivity index (χ3n) is 4.28. The van der Waals surface area contributed by atoms with Crippen molar-refractivity contribution < 1.29 is 4.79 Å². The second-order valence-electron chi connectivity index (χ2n) is 7.44. The van der Waals surface area contributed by atoms with Crippen molar-refractivity contribution in [1.82, 2.24) is 19.7 Å². The average Bonchev–Trinajstić information content (AvgIpc) is 3.09. The Morgan fingerprint density at radius 1 is 1.11 bits per heavy atom. The first kappa shape index (κ1) is 20.1. The maximum atomic E-state index is 12.2. The van der Waals surface area contributed by atoms with Crippen LogP contribution in [0.3, 0.4) is 0 Å². The van der Waals surface area contributed by atoms with Gasteiger partial charge in [-0.05, 0) is 36.1 Å². The van der Waals surface area contributed by atoms with Crippen LogP contribution in [0.15, 0.2) is 53.8 Å². The van der Waals surface area contributed by atoms with E-state index < -0.39 is 0 Å². The van der Waals surface area contributed by atoms with Crippen LogP contribution in [-0.4, -0.2) is 31.4 Å². The highest BCUT2D eigenvalue weighted by atomic mass is 32.2. The number of hydrogen-bond donors (Lipinski definition) is 1. The first-order valence-corrected chi connectivity index (χ1v) is 10.2. The maximum absolute atomic E-state index is 12.2. The largest absolute Gasteiger partial charge is 0.325 e. The molecule has 146 valence electrons. The number of nitrogens with zero attached hydrogens (tertiary/aromatic N) is 4. The first-order chi connectivity index (χ1) is 13.4. The molecule has 1 N–H and O–H groups in total. The summed E-state index contributed by atoms with van der Waals surface area (Å²) in [6.07, 6.45) is 1.89. The zero-order valence-corrected chi connectivity index (χ0v) is 17.5. The van der Waals surface area contributed by atoms with Gasteiger partial charge in [-0.25, -0.2) is 0 Å². The molecule has 3 rings (SSSR count). The average molecular weight is 396 g/mol. The molecule has 0 saturated carbocycles. The van der Waals surface area contributed by atoms with Crippen LogP contribution in [0.5, 0.6) is 0 Å². The number of benzene rings is 1. The summed E-state index contributed by atoms with van der Waals surface area (Å²) in [4.78, 5) is 16.8. The Kier molecular flexibility index (Phi) is 6.14. The second kappa shape index (κ2) is 8.56. The number of aromatic nitrogens is 4. The first-order valence-electron chi connectivity index (χ1n) is 9.26. The number of nitrogens with one attached hydrogen (secondary N) is 1. The molecule has 0 spiro atoms. The van der Waals surface area contributed by atoms with Gasteiger partial charge in [-0.2, -0.15) is 0 Å². The molecule has 1 aromatic carbocycles. The summed E-state index contributed by atoms with van der Waals surface area (Å²) in [6, 6.07) is 13.5. The predicted molar refractivity (Wildman–Crippen MR) is 113 cm³/mol. The van der Waals surface area contributed by atoms with Crippen LogP contribution in [0, 0.1) is 0 Å². The molecule has 28 heavy (non-hydrogen) atoms. The molecule has 3 aromatic rings. The highest BCUT2D eigenvalue weighted by Crippen LogP contribution is 2.26. The molecule has 0 fully saturated rings. The number of rotatable bonds is 6. The van der Waals surface area contributed by atoms with Crippen molar-refractivity contribution >= 4 is 23.4 Å². The van der Waals surface area contributed by atoms with E-state index in [2.05, 4.69) is 47.3 Å². The Balaban J connectivity index is 1.70. The number of carbonyl (C=O) groups is 1. The molecule has 2 aromatic heterocycles. The van der Waals surface area contributed by atoms with E-state index >= 15 is 0 Å². The van der Waals surface area contributed by atoms with Crippen molar-refractivity contribution in [3.63, 3.8) is 0 Å². The molecule has 0 saturated heterocycles. The smallest absolute Gasteiger partial charge is 0.234 e. The van der Waals surface area contributed by atoms with Crippen LogP contribution >= 0.6 is 11.8 Å². The molecule has 1 amide bonds. The number of carbonyl (C=O) groups excluding carboxylic acids is 1. The maximum Gasteiger partial charge on any atom is 0.234 e. The van der Waals surface area contributed by atoms with E-state index in [1.165, 1.54) is 17.3 Å². The molecule has 7 heteroatoms. The van der Waals surface area contributed by atoms with Gasteiger partial charge in [0.25, 0.3) is 0 Å². The fourth-order valence-corrected chi connectivity index (χ4v) is 3.49. The lowest BCUT2D eigenvalue weighted by Gasteiger charge is -2.18. The van der Waals surface area contributed by atoms with Gasteiger partial charge in [-0.15, -0.1) is 10.2 Å². The van der Waals surface area contributed by atoms with Crippen LogP contribution in [0.2, 0.25) is 0 Å². The van der Waals surface area contributed by atoms with E-state index in [9.17, 15) is 4.79 Å². The SMILES string of the molecule is CCn1c(SCC(=O)Nc2ccccc2)nnc1-c1ccc(C(C)(C)C)cn1. The third kappa shape index (κ3) is 4.78. The summed E-state index contributed by atoms with van der Waals surface area (Å²) < 4.78 is 1.99. The molecule has 0 unspecified atom stereocenters. The van der Waals surface area contributed by atoms with Gasteiger partial charge >= 0.3 is 0 Å². The Bertz CT molecular complexity index is 930. The lowest BCUT2D eigenvalue weighted by Crippen LogP contribution is -2.14. The Labute approximate surface area is 169 Å². The summed E-state index contributed by atoms with van der Waals surface area (Å²) in [7, 11) is 0. The fourth-order valence-electron chi connectivity index (χ4n) is 2.69. The molecular weight excluding hydrogens is 370 g/mol. The second-order valence-corrected chi connectivity index (χ2v) is 8.38. The van der Waals surface area contributed by atoms with E-state index in [1.807, 2.05) is 54.1 Å². The van der Waals surface area contributed by atoms with Gasteiger partial charge < -0.3 is 9.88 Å². The normalized spacial score (nSPS) is 11.4. The fraction of sp³-hybridized carbons (Fsp3) is 0.333. The van der Waals surface area contributed by atoms with Gasteiger partial charge in [0.1, 0.15) is 5.69 Å². The van der Waals surface area contributed by atoms with E-state index in [4.69, 9.17) is 0 Å². The number of thioether (sulfide) groups is 1. The zero-order chi connectivity index (χ0) is 20.1. The Morgan fingerprint density at radius 2 is 1.86 bits per heavy atom. The predicted octanol–water partition coefficient (Wildman–Crippen LogP) is 4.39. The van der Waals surface area contributed by atoms with Crippen LogP contribution < -0.4 is 5.32 Å². The lowest BCUT2D eigenvalue weighted by atomic mass is 9.88. The van der Waals surface area contributed by atoms with E-state index in [0.717, 1.165) is 11.4 Å². The van der Waals surface area contributed by atoms with Crippen LogP contribution in [0.1, 0.15) is 33.3 Å². The van der Waals surface area contributed by atoms with E-state index in [0.29, 0.717) is 17.5 Å². The highest BCUT2D eigenvalue weighted by molar-refractivity contribution is 7.99. The molecule has 0 aliphatic carbocycles. The van der Waals surface area contributed by atoms with Crippen molar-refractivity contribution in [2.24, 2.45) is 0 Å². The van der Waals surface area contributed by atoms with Crippen molar-refractivity contribution in [1.29, 1.82) is 0 Å². The molecule has 0 radical (unpaired) electrons. The summed E-state index contributed by atoms with van der Waals surface area (Å²) in [6.45, 7) is 9.21. The zero-order valence-electron chi connectivity index (χ0n) is 16.6. The molecular formula is C21H25N5OS. The quantitative estimate of drug-likeness (QED) is 0.627. The van der Waals surface area contributed by atoms with Gasteiger partial charge in [-0.3, -0.25) is 9.78 Å². The summed E-state index contributed by atoms with van der Waals surface area (Å²) in [5, 5.41) is 12.2. The Morgan fingerprint density at radius 3 is 2.46 bits per heavy atom. The standard InChI is InChI=1S/C21H25N5OS/c1-5-26-19(17-12-11-15(13-22-17)21(2,3)4)24-25-20(26)28-14-18(27)23-16-9-7-6-8-10-16/h6-13H,5,14H2,1-4H3,(H,23,27). The highest BCUT2D eigenvalue weighted by Gasteiger charge is 2.18. The van der Waals surface area contributed by atoms with E-state index in [1.54, 1.807) is 0 Å². The van der Waals surface area contributed by atoms with E-state index in [-0.39, 0.29) is 17.1 Å². The topological polar surface area (TPSA) is 72.7 Å². The molecule has 0 atom stereocenters. The van der Waals surface area contributed by atoms with Crippen LogP contribution in [0.25, 0.3) is 11.5 Å². The van der Waals surface area contributed by atoms with Crippen LogP contribution in [-0.2, 0) is 16.8 Å². The van der Waals surface area contributed by atoms with Crippen molar-refractivity contribution in [3.05, 3.63) is 54.2 Å². The molecule has 2 heterocycles. The van der Waals surface area contributed by atoms with Gasteiger partial charge in [0, 0.05) is 18.4 Å². The van der Waals surface area contributed by atoms with Crippen molar-refractivity contribution in [2.75, 3.05) is 11.1 Å². The number of pyridine rings is 1. The molecule has 0 aliphatic rings. The summed E-state index contributed by atoms with van der Waals surface area (Å²) in [5.74, 6) is 0.911. The van der Waals surface area contributed by atoms with Crippen LogP contribution in [0.4, 0.5) is 5.69 Å². The Hall–Kier alpha value is -2.67. The third-order valence-corrected chi connectivity index (χ3v) is 5.25. The number of hydrogen-bond acceptors (Lipinski definition) is 5. The lowest BCUT2D eigenvalue weighted by molar-refractivity contribution is -0.113. The van der Waals surface area contributed by atoms with Crippen molar-refractivity contribution in [2.45, 2.75) is 44.8 Å². The minimum Gasteiger partial charge on any atom is -0.325 e. The van der Waals surface area contributed by atoms with Gasteiger partial charge in [-0.1, -0.05) is 56.8 Å². The minimum atomic E-state index is -0.0731. The van der Waals surface area contributed by atoms with Gasteiger partial charge in [0.15, 0.2) is 11.0 Å². The van der Waals surface area contributed by atoms with Crippen molar-refractivity contribution in [3.8, 4) is 11.5 Å². The summed E-state index contributed by atoms with van der Waals surface area (Å²) in [5.41, 5.74) is 2.79. The number of amides is 1. The molecule has 0 aliphatic heterocycles. The van der Waals surface area contributed by atoms with Gasteiger partial charge in [0.2, 0.25) is 5.91 Å². The summed E-state index contributed by atoms with van der Waals surface area (Å²) >= 11 is 1.37. The molecule has 0 bridgehead atoms. The minimum absolute atomic E-state index is 0.0527. The molecule has 6 nitrogen and oxygen atoms in total. The van der Waals surface area contributed by atoms with Gasteiger partial charge in [0.05, 0.1) is 5.75 Å².